The van der Waals surface area contributed by atoms with Crippen molar-refractivity contribution >= 4 is 23.2 Å². The highest BCUT2D eigenvalue weighted by molar-refractivity contribution is 7.11. The number of aryl methyl sites for hydroxylation is 2. The van der Waals surface area contributed by atoms with Gasteiger partial charge in [-0.05, 0) is 44.2 Å². The van der Waals surface area contributed by atoms with Gasteiger partial charge in [-0.15, -0.1) is 11.3 Å². The zero-order valence-electron chi connectivity index (χ0n) is 13.6. The molecule has 0 aliphatic carbocycles. The lowest BCUT2D eigenvalue weighted by Gasteiger charge is -2.28. The number of likely N-dealkylation sites (tertiary alicyclic amines) is 1. The molecule has 1 saturated heterocycles. The van der Waals surface area contributed by atoms with Crippen LogP contribution in [0.3, 0.4) is 0 Å². The third kappa shape index (κ3) is 3.51. The average molecular weight is 323 g/mol. The van der Waals surface area contributed by atoms with E-state index < -0.39 is 11.4 Å². The molecule has 0 aromatic carbocycles. The highest BCUT2D eigenvalue weighted by Gasteiger charge is 2.48. The summed E-state index contributed by atoms with van der Waals surface area (Å²) >= 11 is 1.78. The molecule has 1 aliphatic heterocycles. The molecule has 1 unspecified atom stereocenters. The fourth-order valence-electron chi connectivity index (χ4n) is 3.13. The Bertz CT molecular complexity index is 552. The van der Waals surface area contributed by atoms with Crippen LogP contribution in [-0.2, 0) is 16.0 Å². The third-order valence-corrected chi connectivity index (χ3v) is 5.85. The molecule has 1 amide bonds. The molecule has 122 valence electrons. The fourth-order valence-corrected chi connectivity index (χ4v) is 4.06. The van der Waals surface area contributed by atoms with Gasteiger partial charge in [0.2, 0.25) is 5.91 Å². The van der Waals surface area contributed by atoms with E-state index in [1.807, 2.05) is 13.8 Å². The maximum absolute atomic E-state index is 12.3. The van der Waals surface area contributed by atoms with Crippen molar-refractivity contribution in [3.63, 3.8) is 0 Å². The van der Waals surface area contributed by atoms with Gasteiger partial charge in [0.05, 0.1) is 5.41 Å². The lowest BCUT2D eigenvalue weighted by atomic mass is 9.76. The van der Waals surface area contributed by atoms with Crippen LogP contribution in [0, 0.1) is 18.3 Å². The topological polar surface area (TPSA) is 57.6 Å². The van der Waals surface area contributed by atoms with Gasteiger partial charge in [0, 0.05) is 29.3 Å². The number of carboxylic acid groups (broad SMARTS) is 1. The first kappa shape index (κ1) is 17.0. The summed E-state index contributed by atoms with van der Waals surface area (Å²) in [7, 11) is 0. The molecule has 1 aliphatic rings. The van der Waals surface area contributed by atoms with Crippen molar-refractivity contribution in [2.24, 2.45) is 11.3 Å². The van der Waals surface area contributed by atoms with Gasteiger partial charge in [0.1, 0.15) is 0 Å². The quantitative estimate of drug-likeness (QED) is 0.873. The van der Waals surface area contributed by atoms with E-state index in [2.05, 4.69) is 19.1 Å². The van der Waals surface area contributed by atoms with Crippen LogP contribution in [0.4, 0.5) is 0 Å². The second-order valence-electron chi connectivity index (χ2n) is 6.55. The van der Waals surface area contributed by atoms with Crippen LogP contribution < -0.4 is 0 Å². The summed E-state index contributed by atoms with van der Waals surface area (Å²) in [6.07, 6.45) is 2.82. The monoisotopic (exact) mass is 323 g/mol. The van der Waals surface area contributed by atoms with E-state index in [0.717, 1.165) is 12.8 Å². The molecule has 0 bridgehead atoms. The Morgan fingerprint density at radius 1 is 1.41 bits per heavy atom. The molecular formula is C17H25NO3S. The minimum atomic E-state index is -0.771. The Hall–Kier alpha value is -1.36. The number of hydrogen-bond acceptors (Lipinski definition) is 3. The number of nitrogens with zero attached hydrogens (tertiary/aromatic N) is 1. The molecule has 4 nitrogen and oxygen atoms in total. The summed E-state index contributed by atoms with van der Waals surface area (Å²) in [6, 6.07) is 4.22. The number of rotatable bonds is 6. The number of hydrogen-bond donors (Lipinski definition) is 1. The van der Waals surface area contributed by atoms with Crippen molar-refractivity contribution in [1.82, 2.24) is 4.90 Å². The molecule has 0 saturated carbocycles. The van der Waals surface area contributed by atoms with Crippen molar-refractivity contribution in [3.8, 4) is 0 Å². The maximum Gasteiger partial charge on any atom is 0.311 e. The highest BCUT2D eigenvalue weighted by Crippen LogP contribution is 2.38. The third-order valence-electron chi connectivity index (χ3n) is 4.79. The molecule has 0 spiro atoms. The Balaban J connectivity index is 1.85. The van der Waals surface area contributed by atoms with Crippen LogP contribution in [0.1, 0.15) is 42.9 Å². The van der Waals surface area contributed by atoms with Gasteiger partial charge in [-0.1, -0.05) is 13.8 Å². The van der Waals surface area contributed by atoms with Crippen LogP contribution in [0.15, 0.2) is 12.1 Å². The summed E-state index contributed by atoms with van der Waals surface area (Å²) < 4.78 is 0. The SMILES string of the molecule is Cc1ccc(CCCC(=O)N2CCC(C(=O)O)(C(C)C)C2)s1. The smallest absolute Gasteiger partial charge is 0.311 e. The van der Waals surface area contributed by atoms with E-state index in [1.54, 1.807) is 16.2 Å². The minimum absolute atomic E-state index is 0.0388. The number of carbonyl (C=O) groups is 2. The molecular weight excluding hydrogens is 298 g/mol. The predicted octanol–water partition coefficient (Wildman–Crippen LogP) is 3.34. The van der Waals surface area contributed by atoms with Gasteiger partial charge in [-0.25, -0.2) is 0 Å². The largest absolute Gasteiger partial charge is 0.481 e. The van der Waals surface area contributed by atoms with Crippen LogP contribution >= 0.6 is 11.3 Å². The summed E-state index contributed by atoms with van der Waals surface area (Å²) in [5, 5.41) is 9.52. The lowest BCUT2D eigenvalue weighted by Crippen LogP contribution is -2.40. The number of carbonyl (C=O) groups excluding carboxylic acids is 1. The zero-order valence-corrected chi connectivity index (χ0v) is 14.4. The van der Waals surface area contributed by atoms with Gasteiger partial charge in [-0.2, -0.15) is 0 Å². The number of aliphatic carboxylic acids is 1. The Kier molecular flexibility index (Phi) is 5.27. The molecule has 1 aromatic heterocycles. The van der Waals surface area contributed by atoms with Gasteiger partial charge in [0.15, 0.2) is 0 Å². The van der Waals surface area contributed by atoms with Crippen molar-refractivity contribution in [1.29, 1.82) is 0 Å². The van der Waals surface area contributed by atoms with E-state index >= 15 is 0 Å². The number of thiophene rings is 1. The normalized spacial score (nSPS) is 21.5. The molecule has 1 atom stereocenters. The highest BCUT2D eigenvalue weighted by atomic mass is 32.1. The van der Waals surface area contributed by atoms with Crippen LogP contribution in [0.2, 0.25) is 0 Å². The maximum atomic E-state index is 12.3. The van der Waals surface area contributed by atoms with E-state index in [4.69, 9.17) is 0 Å². The second kappa shape index (κ2) is 6.82. The minimum Gasteiger partial charge on any atom is -0.481 e. The van der Waals surface area contributed by atoms with Gasteiger partial charge in [0.25, 0.3) is 0 Å². The first-order valence-corrected chi connectivity index (χ1v) is 8.73. The van der Waals surface area contributed by atoms with Crippen LogP contribution in [0.25, 0.3) is 0 Å². The average Bonchev–Trinajstić information content (AvgIpc) is 3.06. The first-order valence-electron chi connectivity index (χ1n) is 7.91. The van der Waals surface area contributed by atoms with Crippen molar-refractivity contribution < 1.29 is 14.7 Å². The van der Waals surface area contributed by atoms with E-state index in [0.29, 0.717) is 25.9 Å². The molecule has 1 aromatic rings. The molecule has 22 heavy (non-hydrogen) atoms. The summed E-state index contributed by atoms with van der Waals surface area (Å²) in [6.45, 7) is 6.88. The Morgan fingerprint density at radius 2 is 2.14 bits per heavy atom. The fraction of sp³-hybridized carbons (Fsp3) is 0.647. The second-order valence-corrected chi connectivity index (χ2v) is 7.92. The summed E-state index contributed by atoms with van der Waals surface area (Å²) in [5.41, 5.74) is -0.763. The predicted molar refractivity (Wildman–Crippen MR) is 88.1 cm³/mol. The van der Waals surface area contributed by atoms with Gasteiger partial charge >= 0.3 is 5.97 Å². The summed E-state index contributed by atoms with van der Waals surface area (Å²) in [5.74, 6) is -0.638. The van der Waals surface area contributed by atoms with E-state index in [9.17, 15) is 14.7 Å². The van der Waals surface area contributed by atoms with Crippen molar-refractivity contribution in [3.05, 3.63) is 21.9 Å². The molecule has 2 rings (SSSR count). The van der Waals surface area contributed by atoms with E-state index in [-0.39, 0.29) is 11.8 Å². The van der Waals surface area contributed by atoms with Crippen molar-refractivity contribution in [2.75, 3.05) is 13.1 Å². The zero-order chi connectivity index (χ0) is 16.3. The number of carboxylic acids is 1. The molecule has 1 fully saturated rings. The molecule has 2 heterocycles. The van der Waals surface area contributed by atoms with Gasteiger partial charge in [-0.3, -0.25) is 9.59 Å². The Labute approximate surface area is 136 Å². The Morgan fingerprint density at radius 3 is 2.64 bits per heavy atom. The molecule has 1 N–H and O–H groups in total. The molecule has 0 radical (unpaired) electrons. The standard InChI is InChI=1S/C17H25NO3S/c1-12(2)17(16(20)21)9-10-18(11-17)15(19)6-4-5-14-8-7-13(3)22-14/h7-8,12H,4-6,9-11H2,1-3H3,(H,20,21). The first-order chi connectivity index (χ1) is 10.3. The lowest BCUT2D eigenvalue weighted by molar-refractivity contribution is -0.151. The molecule has 5 heteroatoms. The van der Waals surface area contributed by atoms with Crippen LogP contribution in [0.5, 0.6) is 0 Å². The van der Waals surface area contributed by atoms with Gasteiger partial charge < -0.3 is 10.0 Å². The van der Waals surface area contributed by atoms with Crippen molar-refractivity contribution in [2.45, 2.75) is 46.5 Å². The van der Waals surface area contributed by atoms with Crippen LogP contribution in [-0.4, -0.2) is 35.0 Å². The number of amides is 1. The van der Waals surface area contributed by atoms with E-state index in [1.165, 1.54) is 9.75 Å². The summed E-state index contributed by atoms with van der Waals surface area (Å²) in [4.78, 5) is 28.3.